The van der Waals surface area contributed by atoms with Crippen LogP contribution in [0.3, 0.4) is 0 Å². The van der Waals surface area contributed by atoms with E-state index in [0.717, 1.165) is 54.7 Å². The number of nitrogens with zero attached hydrogens (tertiary/aromatic N) is 5. The number of aromatic nitrogens is 2. The maximum absolute atomic E-state index is 13.8. The lowest BCUT2D eigenvalue weighted by Crippen LogP contribution is -2.48. The minimum atomic E-state index is -0.497. The molecule has 0 spiro atoms. The molecule has 1 saturated heterocycles. The molecular formula is C30H28N6O3. The highest BCUT2D eigenvalue weighted by Gasteiger charge is 2.45. The Bertz CT molecular complexity index is 1670. The average Bonchev–Trinajstić information content (AvgIpc) is 3.52. The Hall–Kier alpha value is -4.53. The van der Waals surface area contributed by atoms with Gasteiger partial charge >= 0.3 is 0 Å². The molecule has 1 aromatic carbocycles. The number of aliphatic imine (C=N–C) groups is 1. The number of carbonyl (C=O) groups excluding carboxylic acids is 3. The third-order valence-corrected chi connectivity index (χ3v) is 8.27. The molecule has 3 amide bonds. The van der Waals surface area contributed by atoms with Crippen molar-refractivity contribution in [1.29, 1.82) is 0 Å². The summed E-state index contributed by atoms with van der Waals surface area (Å²) in [4.78, 5) is 53.5. The van der Waals surface area contributed by atoms with Crippen molar-refractivity contribution in [3.05, 3.63) is 83.1 Å². The molecule has 6 heterocycles. The maximum atomic E-state index is 13.8. The van der Waals surface area contributed by atoms with Crippen LogP contribution in [0.4, 0.5) is 5.69 Å². The zero-order valence-electron chi connectivity index (χ0n) is 21.8. The van der Waals surface area contributed by atoms with Gasteiger partial charge in [-0.05, 0) is 43.4 Å². The highest BCUT2D eigenvalue weighted by atomic mass is 16.2. The first kappa shape index (κ1) is 23.6. The summed E-state index contributed by atoms with van der Waals surface area (Å²) in [6.07, 6.45) is 10.2. The van der Waals surface area contributed by atoms with E-state index in [1.807, 2.05) is 63.9 Å². The number of fused-ring (bicyclic) bond motifs is 1. The molecule has 2 aromatic heterocycles. The van der Waals surface area contributed by atoms with Gasteiger partial charge in [0.25, 0.3) is 11.8 Å². The number of rotatable bonds is 3. The number of benzene rings is 1. The number of amides is 3. The Labute approximate surface area is 225 Å². The molecule has 0 bridgehead atoms. The van der Waals surface area contributed by atoms with Crippen molar-refractivity contribution < 1.29 is 14.4 Å². The Kier molecular flexibility index (Phi) is 5.30. The first-order valence-electron chi connectivity index (χ1n) is 13.4. The fraction of sp³-hybridized carbons (Fsp3) is 0.300. The van der Waals surface area contributed by atoms with E-state index < -0.39 is 11.8 Å². The van der Waals surface area contributed by atoms with E-state index in [1.54, 1.807) is 12.4 Å². The molecule has 9 nitrogen and oxygen atoms in total. The molecule has 0 aliphatic carbocycles. The summed E-state index contributed by atoms with van der Waals surface area (Å²) in [5.74, 6) is -0.909. The van der Waals surface area contributed by atoms with Crippen molar-refractivity contribution in [3.63, 3.8) is 0 Å². The van der Waals surface area contributed by atoms with Crippen LogP contribution < -0.4 is 10.2 Å². The first-order chi connectivity index (χ1) is 18.9. The second kappa shape index (κ2) is 8.76. The number of pyridine rings is 1. The van der Waals surface area contributed by atoms with E-state index >= 15 is 0 Å². The number of aryl methyl sites for hydroxylation is 1. The van der Waals surface area contributed by atoms with Gasteiger partial charge < -0.3 is 9.80 Å². The number of hydrogen-bond donors (Lipinski definition) is 1. The van der Waals surface area contributed by atoms with Crippen LogP contribution in [-0.2, 0) is 14.4 Å². The van der Waals surface area contributed by atoms with Gasteiger partial charge in [0.1, 0.15) is 11.7 Å². The fourth-order valence-corrected chi connectivity index (χ4v) is 6.41. The lowest BCUT2D eigenvalue weighted by atomic mass is 9.91. The maximum Gasteiger partial charge on any atom is 0.261 e. The normalized spacial score (nSPS) is 22.4. The summed E-state index contributed by atoms with van der Waals surface area (Å²) in [6.45, 7) is 5.60. The summed E-state index contributed by atoms with van der Waals surface area (Å²) in [6, 6.07) is 9.33. The van der Waals surface area contributed by atoms with Crippen molar-refractivity contribution in [1.82, 2.24) is 19.6 Å². The van der Waals surface area contributed by atoms with E-state index in [1.165, 1.54) is 0 Å². The number of piperidine rings is 1. The molecule has 0 saturated carbocycles. The molecule has 2 unspecified atom stereocenters. The van der Waals surface area contributed by atoms with Crippen LogP contribution in [-0.4, -0.2) is 56.8 Å². The monoisotopic (exact) mass is 520 g/mol. The average molecular weight is 521 g/mol. The smallest absolute Gasteiger partial charge is 0.261 e. The van der Waals surface area contributed by atoms with Crippen molar-refractivity contribution >= 4 is 40.3 Å². The number of likely N-dealkylation sites (tertiary alicyclic amines) is 1. The number of anilines is 1. The van der Waals surface area contributed by atoms with Crippen molar-refractivity contribution in [2.45, 2.75) is 45.1 Å². The van der Waals surface area contributed by atoms with Crippen molar-refractivity contribution in [2.24, 2.45) is 4.99 Å². The van der Waals surface area contributed by atoms with Crippen molar-refractivity contribution in [3.8, 4) is 0 Å². The van der Waals surface area contributed by atoms with Gasteiger partial charge in [0.15, 0.2) is 0 Å². The minimum absolute atomic E-state index is 0.0485. The second-order valence-corrected chi connectivity index (χ2v) is 10.7. The Morgan fingerprint density at radius 3 is 2.64 bits per heavy atom. The first-order valence-corrected chi connectivity index (χ1v) is 13.4. The van der Waals surface area contributed by atoms with Crippen molar-refractivity contribution in [2.75, 3.05) is 18.0 Å². The van der Waals surface area contributed by atoms with Crippen LogP contribution in [0.5, 0.6) is 0 Å². The molecule has 4 aliphatic rings. The SMILES string of the molecule is Cc1ccc2ncc(C3=C(C4=NC=CN5c6c4cccc6C(C)C5C(=O)N4CCCCC4)C(=O)NC3=O)n2c1. The van der Waals surface area contributed by atoms with Gasteiger partial charge in [-0.2, -0.15) is 0 Å². The van der Waals surface area contributed by atoms with Gasteiger partial charge in [-0.3, -0.25) is 29.1 Å². The number of carbonyl (C=O) groups is 3. The highest BCUT2D eigenvalue weighted by molar-refractivity contribution is 6.47. The van der Waals surface area contributed by atoms with Crippen LogP contribution in [0, 0.1) is 6.92 Å². The van der Waals surface area contributed by atoms with Crippen LogP contribution in [0.1, 0.15) is 54.5 Å². The predicted molar refractivity (Wildman–Crippen MR) is 147 cm³/mol. The number of para-hydroxylation sites is 1. The van der Waals surface area contributed by atoms with Gasteiger partial charge in [-0.1, -0.05) is 31.2 Å². The van der Waals surface area contributed by atoms with Crippen LogP contribution in [0.25, 0.3) is 11.2 Å². The molecule has 3 aromatic rings. The number of nitrogens with one attached hydrogen (secondary N) is 1. The molecule has 2 atom stereocenters. The molecule has 9 heteroatoms. The molecule has 4 aliphatic heterocycles. The van der Waals surface area contributed by atoms with E-state index in [2.05, 4.69) is 17.2 Å². The largest absolute Gasteiger partial charge is 0.341 e. The van der Waals surface area contributed by atoms with Gasteiger partial charge in [0.2, 0.25) is 5.91 Å². The van der Waals surface area contributed by atoms with Gasteiger partial charge in [0.05, 0.1) is 34.4 Å². The second-order valence-electron chi connectivity index (χ2n) is 10.7. The number of imidazole rings is 1. The van der Waals surface area contributed by atoms with Crippen LogP contribution in [0.15, 0.2) is 65.7 Å². The zero-order valence-corrected chi connectivity index (χ0v) is 21.8. The lowest BCUT2D eigenvalue weighted by Gasteiger charge is -2.33. The fourth-order valence-electron chi connectivity index (χ4n) is 6.41. The molecule has 7 rings (SSSR count). The highest BCUT2D eigenvalue weighted by Crippen LogP contribution is 2.46. The quantitative estimate of drug-likeness (QED) is 0.534. The lowest BCUT2D eigenvalue weighted by molar-refractivity contribution is -0.133. The topological polar surface area (TPSA) is 99.4 Å². The number of hydrogen-bond acceptors (Lipinski definition) is 6. The van der Waals surface area contributed by atoms with E-state index in [9.17, 15) is 14.4 Å². The Balaban J connectivity index is 1.38. The Morgan fingerprint density at radius 2 is 1.82 bits per heavy atom. The molecule has 1 fully saturated rings. The summed E-state index contributed by atoms with van der Waals surface area (Å²) in [5.41, 5.74) is 5.67. The molecule has 0 radical (unpaired) electrons. The minimum Gasteiger partial charge on any atom is -0.341 e. The predicted octanol–water partition coefficient (Wildman–Crippen LogP) is 3.33. The van der Waals surface area contributed by atoms with E-state index in [-0.39, 0.29) is 29.0 Å². The molecule has 196 valence electrons. The third kappa shape index (κ3) is 3.49. The van der Waals surface area contributed by atoms with Gasteiger partial charge in [0, 0.05) is 43.2 Å². The molecule has 1 N–H and O–H groups in total. The summed E-state index contributed by atoms with van der Waals surface area (Å²) in [5, 5.41) is 2.48. The van der Waals surface area contributed by atoms with E-state index in [4.69, 9.17) is 4.99 Å². The van der Waals surface area contributed by atoms with Crippen LogP contribution in [0.2, 0.25) is 0 Å². The zero-order chi connectivity index (χ0) is 26.8. The van der Waals surface area contributed by atoms with Gasteiger partial charge in [-0.25, -0.2) is 4.98 Å². The van der Waals surface area contributed by atoms with Crippen LogP contribution >= 0.6 is 0 Å². The van der Waals surface area contributed by atoms with Gasteiger partial charge in [-0.15, -0.1) is 0 Å². The Morgan fingerprint density at radius 1 is 1.03 bits per heavy atom. The summed E-state index contributed by atoms with van der Waals surface area (Å²) in [7, 11) is 0. The molecule has 39 heavy (non-hydrogen) atoms. The molecular weight excluding hydrogens is 492 g/mol. The number of imide groups is 1. The third-order valence-electron chi connectivity index (χ3n) is 8.27. The summed E-state index contributed by atoms with van der Waals surface area (Å²) >= 11 is 0. The van der Waals surface area contributed by atoms with E-state index in [0.29, 0.717) is 17.1 Å². The summed E-state index contributed by atoms with van der Waals surface area (Å²) < 4.78 is 1.83. The standard InChI is InChI=1S/C30H28N6O3/c1-17-9-10-22-32-15-21(36(22)16-17)23-24(29(38)33-28(23)37)25-20-8-6-7-19-18(2)26(35(27(19)20)14-11-31-25)30(39)34-12-4-3-5-13-34/h6-11,14-16,18,26H,3-5,12-13H2,1-2H3,(H,33,37,38).